The standard InChI is InChI=1S/C17H32F3NO3S/c1-8-9-10-11-12(14(22)24-15(2,3)4)13(17(18,19)20)21-25(23)16(5,6)7/h12-13,21H,8-11H2,1-7H3/t12-,13-,25-/m1/s1. The SMILES string of the molecule is CCCCC[C@@H](C(=O)OC(C)(C)C)[C@@H](N[S@](=O)C(C)(C)C)C(F)(F)F. The quantitative estimate of drug-likeness (QED) is 0.493. The van der Waals surface area contributed by atoms with Gasteiger partial charge in [-0.3, -0.25) is 4.79 Å². The molecule has 0 aliphatic heterocycles. The third-order valence-corrected chi connectivity index (χ3v) is 4.95. The fraction of sp³-hybridized carbons (Fsp3) is 0.941. The number of hydrogen-bond acceptors (Lipinski definition) is 3. The van der Waals surface area contributed by atoms with E-state index in [9.17, 15) is 22.2 Å². The van der Waals surface area contributed by atoms with Crippen molar-refractivity contribution < 1.29 is 26.9 Å². The zero-order valence-electron chi connectivity index (χ0n) is 16.3. The molecule has 0 saturated carbocycles. The molecule has 8 heteroatoms. The van der Waals surface area contributed by atoms with Crippen LogP contribution >= 0.6 is 0 Å². The summed E-state index contributed by atoms with van der Waals surface area (Å²) in [6.45, 7) is 11.5. The van der Waals surface area contributed by atoms with E-state index in [4.69, 9.17) is 4.74 Å². The minimum Gasteiger partial charge on any atom is -0.460 e. The second kappa shape index (κ2) is 9.35. The van der Waals surface area contributed by atoms with E-state index < -0.39 is 45.4 Å². The number of carbonyl (C=O) groups is 1. The highest BCUT2D eigenvalue weighted by Gasteiger charge is 2.49. The highest BCUT2D eigenvalue weighted by Crippen LogP contribution is 2.32. The molecule has 0 aliphatic carbocycles. The van der Waals surface area contributed by atoms with E-state index in [1.54, 1.807) is 41.5 Å². The van der Waals surface area contributed by atoms with Crippen molar-refractivity contribution in [2.75, 3.05) is 0 Å². The van der Waals surface area contributed by atoms with Gasteiger partial charge in [0.05, 0.1) is 21.7 Å². The fourth-order valence-corrected chi connectivity index (χ4v) is 2.96. The highest BCUT2D eigenvalue weighted by molar-refractivity contribution is 7.84. The Morgan fingerprint density at radius 2 is 1.60 bits per heavy atom. The molecule has 0 fully saturated rings. The lowest BCUT2D eigenvalue weighted by molar-refractivity contribution is -0.185. The first-order valence-corrected chi connectivity index (χ1v) is 9.72. The normalized spacial score (nSPS) is 17.0. The van der Waals surface area contributed by atoms with Crippen LogP contribution in [0.2, 0.25) is 0 Å². The van der Waals surface area contributed by atoms with Crippen LogP contribution in [-0.4, -0.2) is 32.7 Å². The molecule has 0 unspecified atom stereocenters. The lowest BCUT2D eigenvalue weighted by Crippen LogP contribution is -2.54. The second-order valence-corrected chi connectivity index (χ2v) is 10.2. The van der Waals surface area contributed by atoms with Crippen molar-refractivity contribution in [1.82, 2.24) is 4.72 Å². The monoisotopic (exact) mass is 387 g/mol. The Hall–Kier alpha value is -0.630. The molecule has 0 heterocycles. The lowest BCUT2D eigenvalue weighted by atomic mass is 9.93. The Balaban J connectivity index is 5.58. The Morgan fingerprint density at radius 1 is 1.08 bits per heavy atom. The average Bonchev–Trinajstić information content (AvgIpc) is 2.37. The molecule has 0 aliphatic rings. The molecule has 150 valence electrons. The van der Waals surface area contributed by atoms with Crippen LogP contribution in [0.3, 0.4) is 0 Å². The number of unbranched alkanes of at least 4 members (excludes halogenated alkanes) is 2. The maximum absolute atomic E-state index is 13.6. The van der Waals surface area contributed by atoms with Crippen LogP contribution in [0.5, 0.6) is 0 Å². The van der Waals surface area contributed by atoms with Gasteiger partial charge >= 0.3 is 12.1 Å². The van der Waals surface area contributed by atoms with E-state index >= 15 is 0 Å². The molecule has 0 aromatic rings. The van der Waals surface area contributed by atoms with Crippen molar-refractivity contribution in [2.24, 2.45) is 5.92 Å². The number of ether oxygens (including phenoxy) is 1. The average molecular weight is 388 g/mol. The number of nitrogens with one attached hydrogen (secondary N) is 1. The van der Waals surface area contributed by atoms with Gasteiger partial charge in [-0.2, -0.15) is 13.2 Å². The van der Waals surface area contributed by atoms with Gasteiger partial charge in [-0.15, -0.1) is 0 Å². The number of halogens is 3. The minimum atomic E-state index is -4.71. The van der Waals surface area contributed by atoms with Gasteiger partial charge in [-0.05, 0) is 48.0 Å². The molecular weight excluding hydrogens is 355 g/mol. The van der Waals surface area contributed by atoms with Crippen LogP contribution in [0.1, 0.15) is 74.1 Å². The predicted octanol–water partition coefficient (Wildman–Crippen LogP) is 4.51. The summed E-state index contributed by atoms with van der Waals surface area (Å²) in [5.41, 5.74) is -0.889. The first-order valence-electron chi connectivity index (χ1n) is 8.57. The van der Waals surface area contributed by atoms with Gasteiger partial charge in [0.2, 0.25) is 0 Å². The van der Waals surface area contributed by atoms with Gasteiger partial charge < -0.3 is 4.74 Å². The molecule has 0 amide bonds. The zero-order valence-corrected chi connectivity index (χ0v) is 17.1. The van der Waals surface area contributed by atoms with E-state index in [1.807, 2.05) is 6.92 Å². The highest BCUT2D eigenvalue weighted by atomic mass is 32.2. The van der Waals surface area contributed by atoms with E-state index in [2.05, 4.69) is 4.72 Å². The number of hydrogen-bond donors (Lipinski definition) is 1. The van der Waals surface area contributed by atoms with E-state index in [0.717, 1.165) is 6.42 Å². The molecule has 1 N–H and O–H groups in total. The van der Waals surface area contributed by atoms with Crippen molar-refractivity contribution in [1.29, 1.82) is 0 Å². The molecule has 25 heavy (non-hydrogen) atoms. The molecule has 0 aromatic heterocycles. The molecule has 3 atom stereocenters. The third-order valence-electron chi connectivity index (χ3n) is 3.37. The van der Waals surface area contributed by atoms with Crippen LogP contribution in [0, 0.1) is 5.92 Å². The van der Waals surface area contributed by atoms with Crippen LogP contribution in [0.15, 0.2) is 0 Å². The van der Waals surface area contributed by atoms with Gasteiger partial charge in [0.15, 0.2) is 0 Å². The van der Waals surface area contributed by atoms with Gasteiger partial charge in [0.25, 0.3) is 0 Å². The van der Waals surface area contributed by atoms with E-state index in [1.165, 1.54) is 0 Å². The third kappa shape index (κ3) is 9.58. The minimum absolute atomic E-state index is 0.0290. The number of alkyl halides is 3. The van der Waals surface area contributed by atoms with Crippen molar-refractivity contribution in [3.05, 3.63) is 0 Å². The van der Waals surface area contributed by atoms with Crippen molar-refractivity contribution in [3.63, 3.8) is 0 Å². The molecule has 0 spiro atoms. The Labute approximate surface area is 151 Å². The number of carbonyl (C=O) groups excluding carboxylic acids is 1. The fourth-order valence-electron chi connectivity index (χ4n) is 2.08. The molecule has 4 nitrogen and oxygen atoms in total. The van der Waals surface area contributed by atoms with Crippen LogP contribution < -0.4 is 4.72 Å². The number of rotatable bonds is 8. The summed E-state index contributed by atoms with van der Waals surface area (Å²) < 4.78 is 59.5. The van der Waals surface area contributed by atoms with Crippen LogP contribution in [0.25, 0.3) is 0 Å². The summed E-state index contributed by atoms with van der Waals surface area (Å²) in [4.78, 5) is 12.4. The second-order valence-electron chi connectivity index (χ2n) is 8.15. The van der Waals surface area contributed by atoms with Crippen molar-refractivity contribution >= 4 is 17.0 Å². The molecule has 0 bridgehead atoms. The summed E-state index contributed by atoms with van der Waals surface area (Å²) in [6, 6.07) is -2.21. The van der Waals surface area contributed by atoms with Gasteiger partial charge in [0.1, 0.15) is 11.6 Å². The first kappa shape index (κ1) is 24.4. The van der Waals surface area contributed by atoms with Gasteiger partial charge in [-0.25, -0.2) is 8.93 Å². The van der Waals surface area contributed by atoms with Gasteiger partial charge in [-0.1, -0.05) is 26.2 Å². The maximum atomic E-state index is 13.6. The van der Waals surface area contributed by atoms with Gasteiger partial charge in [0, 0.05) is 0 Å². The lowest BCUT2D eigenvalue weighted by Gasteiger charge is -2.32. The summed E-state index contributed by atoms with van der Waals surface area (Å²) in [5, 5.41) is 0. The van der Waals surface area contributed by atoms with Crippen molar-refractivity contribution in [3.8, 4) is 0 Å². The van der Waals surface area contributed by atoms with E-state index in [-0.39, 0.29) is 6.42 Å². The molecule has 0 saturated heterocycles. The topological polar surface area (TPSA) is 55.4 Å². The Morgan fingerprint density at radius 3 is 1.96 bits per heavy atom. The molecule has 0 aromatic carbocycles. The smallest absolute Gasteiger partial charge is 0.405 e. The summed E-state index contributed by atoms with van der Waals surface area (Å²) >= 11 is 0. The van der Waals surface area contributed by atoms with E-state index in [0.29, 0.717) is 12.8 Å². The van der Waals surface area contributed by atoms with Crippen molar-refractivity contribution in [2.45, 2.75) is 96.7 Å². The summed E-state index contributed by atoms with van der Waals surface area (Å²) in [7, 11) is -1.96. The first-order chi connectivity index (χ1) is 11.1. The summed E-state index contributed by atoms with van der Waals surface area (Å²) in [5.74, 6) is -2.35. The Bertz CT molecular complexity index is 454. The Kier molecular flexibility index (Phi) is 9.11. The molecular formula is C17H32F3NO3S. The predicted molar refractivity (Wildman–Crippen MR) is 94.4 cm³/mol. The summed E-state index contributed by atoms with van der Waals surface area (Å²) in [6.07, 6.45) is -2.68. The number of esters is 1. The maximum Gasteiger partial charge on any atom is 0.405 e. The molecule has 0 radical (unpaired) electrons. The zero-order chi connectivity index (χ0) is 20.1. The largest absolute Gasteiger partial charge is 0.460 e. The van der Waals surface area contributed by atoms with Crippen LogP contribution in [-0.2, 0) is 20.5 Å². The van der Waals surface area contributed by atoms with Crippen LogP contribution in [0.4, 0.5) is 13.2 Å². The molecule has 0 rings (SSSR count).